The average Bonchev–Trinajstić information content (AvgIpc) is 3.16. The van der Waals surface area contributed by atoms with Crippen LogP contribution < -0.4 is 4.90 Å². The van der Waals surface area contributed by atoms with Gasteiger partial charge in [0.1, 0.15) is 0 Å². The molecule has 6 heteroatoms. The lowest BCUT2D eigenvalue weighted by Gasteiger charge is -2.36. The number of ether oxygens (including phenoxy) is 1. The fraction of sp³-hybridized carbons (Fsp3) is 0.273. The summed E-state index contributed by atoms with van der Waals surface area (Å²) in [6.07, 6.45) is 2.35. The molecule has 144 valence electrons. The average molecular weight is 377 g/mol. The van der Waals surface area contributed by atoms with Crippen molar-refractivity contribution in [1.82, 2.24) is 9.88 Å². The molecule has 0 saturated carbocycles. The lowest BCUT2D eigenvalue weighted by molar-refractivity contribution is -0.130. The normalized spacial score (nSPS) is 14.3. The first-order chi connectivity index (χ1) is 13.7. The topological polar surface area (TPSA) is 65.6 Å². The summed E-state index contributed by atoms with van der Waals surface area (Å²) in [6, 6.07) is 15.4. The number of carbonyl (C=O) groups is 2. The molecule has 2 heterocycles. The van der Waals surface area contributed by atoms with Gasteiger partial charge in [-0.25, -0.2) is 4.79 Å². The first-order valence-electron chi connectivity index (χ1n) is 9.42. The number of rotatable bonds is 4. The number of aromatic amines is 1. The van der Waals surface area contributed by atoms with Crippen LogP contribution in [0.15, 0.2) is 54.7 Å². The number of para-hydroxylation sites is 1. The molecule has 0 unspecified atom stereocenters. The molecule has 1 aromatic heterocycles. The van der Waals surface area contributed by atoms with E-state index in [4.69, 9.17) is 4.74 Å². The number of methoxy groups -OCH3 is 1. The van der Waals surface area contributed by atoms with Crippen LogP contribution in [0.4, 0.5) is 5.69 Å². The standard InChI is InChI=1S/C22H23N3O3/c1-28-22(27)16-6-8-18(9-7-16)24-10-12-25(13-11-24)21(26)14-17-15-23-20-5-3-2-4-19(17)20/h2-9,15,23H,10-14H2,1H3. The second-order valence-corrected chi connectivity index (χ2v) is 6.94. The number of hydrogen-bond donors (Lipinski definition) is 1. The quantitative estimate of drug-likeness (QED) is 0.710. The van der Waals surface area contributed by atoms with Crippen molar-refractivity contribution < 1.29 is 14.3 Å². The van der Waals surface area contributed by atoms with Crippen molar-refractivity contribution >= 4 is 28.5 Å². The van der Waals surface area contributed by atoms with Crippen LogP contribution in [0.1, 0.15) is 15.9 Å². The van der Waals surface area contributed by atoms with Crippen LogP contribution in [0, 0.1) is 0 Å². The SMILES string of the molecule is COC(=O)c1ccc(N2CCN(C(=O)Cc3c[nH]c4ccccc34)CC2)cc1. The summed E-state index contributed by atoms with van der Waals surface area (Å²) in [5.74, 6) is -0.176. The zero-order chi connectivity index (χ0) is 19.5. The number of fused-ring (bicyclic) bond motifs is 1. The third kappa shape index (κ3) is 3.58. The van der Waals surface area contributed by atoms with Gasteiger partial charge in [0.05, 0.1) is 19.1 Å². The van der Waals surface area contributed by atoms with E-state index in [1.165, 1.54) is 7.11 Å². The van der Waals surface area contributed by atoms with Gasteiger partial charge in [0.25, 0.3) is 0 Å². The summed E-state index contributed by atoms with van der Waals surface area (Å²) in [5.41, 5.74) is 3.70. The second kappa shape index (κ2) is 7.76. The van der Waals surface area contributed by atoms with Gasteiger partial charge >= 0.3 is 5.97 Å². The molecule has 0 atom stereocenters. The van der Waals surface area contributed by atoms with Crippen molar-refractivity contribution in [2.24, 2.45) is 0 Å². The molecule has 1 aliphatic rings. The fourth-order valence-electron chi connectivity index (χ4n) is 3.69. The number of nitrogens with zero attached hydrogens (tertiary/aromatic N) is 2. The molecule has 0 bridgehead atoms. The molecular formula is C22H23N3O3. The van der Waals surface area contributed by atoms with Gasteiger partial charge in [0.15, 0.2) is 0 Å². The number of carbonyl (C=O) groups excluding carboxylic acids is 2. The number of anilines is 1. The summed E-state index contributed by atoms with van der Waals surface area (Å²) in [7, 11) is 1.38. The minimum Gasteiger partial charge on any atom is -0.465 e. The summed E-state index contributed by atoms with van der Waals surface area (Å²) < 4.78 is 4.73. The van der Waals surface area contributed by atoms with E-state index in [1.54, 1.807) is 12.1 Å². The van der Waals surface area contributed by atoms with Gasteiger partial charge in [0, 0.05) is 49.0 Å². The maximum atomic E-state index is 12.7. The van der Waals surface area contributed by atoms with E-state index in [1.807, 2.05) is 47.5 Å². The van der Waals surface area contributed by atoms with E-state index in [0.717, 1.165) is 35.2 Å². The van der Waals surface area contributed by atoms with Crippen molar-refractivity contribution in [1.29, 1.82) is 0 Å². The Bertz CT molecular complexity index is 986. The zero-order valence-electron chi connectivity index (χ0n) is 15.9. The summed E-state index contributed by atoms with van der Waals surface area (Å²) >= 11 is 0. The molecule has 1 amide bonds. The van der Waals surface area contributed by atoms with Crippen LogP contribution in [0.3, 0.4) is 0 Å². The minimum atomic E-state index is -0.334. The number of nitrogens with one attached hydrogen (secondary N) is 1. The Kier molecular flexibility index (Phi) is 5.02. The Labute approximate surface area is 163 Å². The number of amides is 1. The first kappa shape index (κ1) is 18.1. The van der Waals surface area contributed by atoms with Crippen LogP contribution in [0.2, 0.25) is 0 Å². The number of aromatic nitrogens is 1. The van der Waals surface area contributed by atoms with Crippen molar-refractivity contribution in [3.63, 3.8) is 0 Å². The van der Waals surface area contributed by atoms with E-state index < -0.39 is 0 Å². The van der Waals surface area contributed by atoms with Gasteiger partial charge in [-0.15, -0.1) is 0 Å². The highest BCUT2D eigenvalue weighted by atomic mass is 16.5. The van der Waals surface area contributed by atoms with Crippen molar-refractivity contribution in [3.8, 4) is 0 Å². The van der Waals surface area contributed by atoms with Gasteiger partial charge in [-0.3, -0.25) is 4.79 Å². The van der Waals surface area contributed by atoms with Crippen LogP contribution >= 0.6 is 0 Å². The summed E-state index contributed by atoms with van der Waals surface area (Å²) in [4.78, 5) is 31.7. The molecule has 6 nitrogen and oxygen atoms in total. The van der Waals surface area contributed by atoms with Gasteiger partial charge in [-0.2, -0.15) is 0 Å². The smallest absolute Gasteiger partial charge is 0.337 e. The molecule has 1 N–H and O–H groups in total. The predicted octanol–water partition coefficient (Wildman–Crippen LogP) is 2.85. The number of hydrogen-bond acceptors (Lipinski definition) is 4. The summed E-state index contributed by atoms with van der Waals surface area (Å²) in [5, 5.41) is 1.11. The van der Waals surface area contributed by atoms with E-state index in [0.29, 0.717) is 25.1 Å². The molecule has 0 aliphatic carbocycles. The lowest BCUT2D eigenvalue weighted by Crippen LogP contribution is -2.49. The van der Waals surface area contributed by atoms with Crippen LogP contribution in [0.25, 0.3) is 10.9 Å². The van der Waals surface area contributed by atoms with Crippen molar-refractivity contribution in [2.45, 2.75) is 6.42 Å². The highest BCUT2D eigenvalue weighted by molar-refractivity contribution is 5.90. The highest BCUT2D eigenvalue weighted by Crippen LogP contribution is 2.21. The molecule has 1 fully saturated rings. The predicted molar refractivity (Wildman–Crippen MR) is 109 cm³/mol. The first-order valence-corrected chi connectivity index (χ1v) is 9.42. The molecule has 0 spiro atoms. The fourth-order valence-corrected chi connectivity index (χ4v) is 3.69. The summed E-state index contributed by atoms with van der Waals surface area (Å²) in [6.45, 7) is 2.94. The Hall–Kier alpha value is -3.28. The Morgan fingerprint density at radius 1 is 1.00 bits per heavy atom. The third-order valence-corrected chi connectivity index (χ3v) is 5.30. The van der Waals surface area contributed by atoms with E-state index in [9.17, 15) is 9.59 Å². The Morgan fingerprint density at radius 3 is 2.43 bits per heavy atom. The molecule has 0 radical (unpaired) electrons. The third-order valence-electron chi connectivity index (χ3n) is 5.30. The number of benzene rings is 2. The van der Waals surface area contributed by atoms with Gasteiger partial charge in [0.2, 0.25) is 5.91 Å². The Morgan fingerprint density at radius 2 is 1.71 bits per heavy atom. The molecule has 2 aromatic carbocycles. The number of piperazine rings is 1. The van der Waals surface area contributed by atoms with Gasteiger partial charge < -0.3 is 19.5 Å². The number of esters is 1. The monoisotopic (exact) mass is 377 g/mol. The molecular weight excluding hydrogens is 354 g/mol. The van der Waals surface area contributed by atoms with E-state index >= 15 is 0 Å². The molecule has 3 aromatic rings. The number of H-pyrrole nitrogens is 1. The van der Waals surface area contributed by atoms with Crippen LogP contribution in [-0.4, -0.2) is 55.0 Å². The van der Waals surface area contributed by atoms with Gasteiger partial charge in [-0.1, -0.05) is 18.2 Å². The van der Waals surface area contributed by atoms with Crippen LogP contribution in [0.5, 0.6) is 0 Å². The van der Waals surface area contributed by atoms with E-state index in [-0.39, 0.29) is 11.9 Å². The minimum absolute atomic E-state index is 0.158. The molecule has 1 saturated heterocycles. The highest BCUT2D eigenvalue weighted by Gasteiger charge is 2.22. The van der Waals surface area contributed by atoms with Crippen molar-refractivity contribution in [2.75, 3.05) is 38.2 Å². The molecule has 4 rings (SSSR count). The lowest BCUT2D eigenvalue weighted by atomic mass is 10.1. The molecule has 28 heavy (non-hydrogen) atoms. The van der Waals surface area contributed by atoms with E-state index in [2.05, 4.69) is 9.88 Å². The Balaban J connectivity index is 1.36. The largest absolute Gasteiger partial charge is 0.465 e. The van der Waals surface area contributed by atoms with Gasteiger partial charge in [-0.05, 0) is 35.9 Å². The van der Waals surface area contributed by atoms with Crippen molar-refractivity contribution in [3.05, 3.63) is 65.9 Å². The maximum Gasteiger partial charge on any atom is 0.337 e. The molecule has 1 aliphatic heterocycles. The zero-order valence-corrected chi connectivity index (χ0v) is 15.9. The second-order valence-electron chi connectivity index (χ2n) is 6.94. The maximum absolute atomic E-state index is 12.7. The van der Waals surface area contributed by atoms with Crippen LogP contribution in [-0.2, 0) is 16.0 Å².